The van der Waals surface area contributed by atoms with Gasteiger partial charge in [-0.2, -0.15) is 0 Å². The average Bonchev–Trinajstić information content (AvgIpc) is 2.38. The fourth-order valence-electron chi connectivity index (χ4n) is 1.83. The Morgan fingerprint density at radius 2 is 1.79 bits per heavy atom. The fourth-order valence-corrected chi connectivity index (χ4v) is 1.83. The normalized spacial score (nSPS) is 13.6. The van der Waals surface area contributed by atoms with Crippen molar-refractivity contribution in [3.05, 3.63) is 29.8 Å². The molecule has 4 heteroatoms. The lowest BCUT2D eigenvalue weighted by atomic mass is 10.0. The Bertz CT molecular complexity index is 439. The molecule has 0 aliphatic carbocycles. The van der Waals surface area contributed by atoms with Crippen LogP contribution in [0.5, 0.6) is 0 Å². The largest absolute Gasteiger partial charge is 0.481 e. The van der Waals surface area contributed by atoms with Crippen LogP contribution in [0.25, 0.3) is 0 Å². The lowest BCUT2D eigenvalue weighted by Crippen LogP contribution is -2.20. The molecule has 0 aromatic heterocycles. The third-order valence-electron chi connectivity index (χ3n) is 3.22. The number of carboxylic acids is 1. The van der Waals surface area contributed by atoms with Crippen LogP contribution in [0.2, 0.25) is 0 Å². The first kappa shape index (κ1) is 15.2. The molecule has 0 fully saturated rings. The van der Waals surface area contributed by atoms with Crippen molar-refractivity contribution in [1.29, 1.82) is 0 Å². The molecule has 0 heterocycles. The summed E-state index contributed by atoms with van der Waals surface area (Å²) in [5, 5.41) is 11.7. The molecule has 0 radical (unpaired) electrons. The van der Waals surface area contributed by atoms with Crippen molar-refractivity contribution < 1.29 is 14.7 Å². The van der Waals surface area contributed by atoms with E-state index < -0.39 is 11.9 Å². The van der Waals surface area contributed by atoms with Crippen LogP contribution < -0.4 is 5.32 Å². The Balaban J connectivity index is 2.67. The van der Waals surface area contributed by atoms with Crippen LogP contribution >= 0.6 is 0 Å². The van der Waals surface area contributed by atoms with Crippen LogP contribution in [0.15, 0.2) is 24.3 Å². The molecule has 104 valence electrons. The smallest absolute Gasteiger partial charge is 0.310 e. The number of aliphatic carboxylic acids is 1. The minimum Gasteiger partial charge on any atom is -0.481 e. The second-order valence-corrected chi connectivity index (χ2v) is 4.86. The van der Waals surface area contributed by atoms with Gasteiger partial charge in [-0.15, -0.1) is 0 Å². The SMILES string of the molecule is CCCC(C)C(=O)Nc1ccc(C(C)C(=O)O)cc1. The summed E-state index contributed by atoms with van der Waals surface area (Å²) in [6.07, 6.45) is 1.84. The maximum atomic E-state index is 11.8. The summed E-state index contributed by atoms with van der Waals surface area (Å²) in [5.41, 5.74) is 1.43. The van der Waals surface area contributed by atoms with E-state index in [1.807, 2.05) is 13.8 Å². The minimum atomic E-state index is -0.853. The summed E-state index contributed by atoms with van der Waals surface area (Å²) in [5.74, 6) is -1.40. The Kier molecular flexibility index (Phi) is 5.55. The molecule has 2 atom stereocenters. The van der Waals surface area contributed by atoms with Crippen LogP contribution in [0, 0.1) is 5.92 Å². The molecule has 1 aromatic carbocycles. The Labute approximate surface area is 113 Å². The summed E-state index contributed by atoms with van der Waals surface area (Å²) in [6.45, 7) is 5.59. The van der Waals surface area contributed by atoms with Crippen molar-refractivity contribution in [1.82, 2.24) is 0 Å². The van der Waals surface area contributed by atoms with Crippen LogP contribution in [0.3, 0.4) is 0 Å². The number of carboxylic acid groups (broad SMARTS) is 1. The molecule has 0 spiro atoms. The maximum absolute atomic E-state index is 11.8. The molecule has 0 aliphatic rings. The van der Waals surface area contributed by atoms with E-state index in [4.69, 9.17) is 5.11 Å². The predicted molar refractivity (Wildman–Crippen MR) is 75.2 cm³/mol. The molecule has 2 N–H and O–H groups in total. The zero-order chi connectivity index (χ0) is 14.4. The standard InChI is InChI=1S/C15H21NO3/c1-4-5-10(2)14(17)16-13-8-6-12(7-9-13)11(3)15(18)19/h6-11H,4-5H2,1-3H3,(H,16,17)(H,18,19). The van der Waals surface area contributed by atoms with Crippen molar-refractivity contribution >= 4 is 17.6 Å². The van der Waals surface area contributed by atoms with E-state index in [0.717, 1.165) is 18.4 Å². The zero-order valence-corrected chi connectivity index (χ0v) is 11.6. The second-order valence-electron chi connectivity index (χ2n) is 4.86. The number of amides is 1. The molecule has 0 bridgehead atoms. The van der Waals surface area contributed by atoms with Crippen LogP contribution in [0.4, 0.5) is 5.69 Å². The van der Waals surface area contributed by atoms with Gasteiger partial charge in [0, 0.05) is 11.6 Å². The molecular weight excluding hydrogens is 242 g/mol. The molecule has 1 rings (SSSR count). The first-order valence-electron chi connectivity index (χ1n) is 6.59. The summed E-state index contributed by atoms with van der Waals surface area (Å²) in [4.78, 5) is 22.7. The van der Waals surface area contributed by atoms with Gasteiger partial charge >= 0.3 is 5.97 Å². The monoisotopic (exact) mass is 263 g/mol. The summed E-state index contributed by atoms with van der Waals surface area (Å²) in [7, 11) is 0. The molecule has 2 unspecified atom stereocenters. The minimum absolute atomic E-state index is 0.000818. The average molecular weight is 263 g/mol. The number of nitrogens with one attached hydrogen (secondary N) is 1. The van der Waals surface area contributed by atoms with E-state index in [1.165, 1.54) is 0 Å². The molecule has 1 aromatic rings. The highest BCUT2D eigenvalue weighted by Gasteiger charge is 2.14. The van der Waals surface area contributed by atoms with Crippen molar-refractivity contribution in [2.24, 2.45) is 5.92 Å². The third-order valence-corrected chi connectivity index (χ3v) is 3.22. The van der Waals surface area contributed by atoms with Gasteiger partial charge in [0.2, 0.25) is 5.91 Å². The number of anilines is 1. The summed E-state index contributed by atoms with van der Waals surface area (Å²) < 4.78 is 0. The van der Waals surface area contributed by atoms with Crippen LogP contribution in [0.1, 0.15) is 45.1 Å². The fraction of sp³-hybridized carbons (Fsp3) is 0.467. The topological polar surface area (TPSA) is 66.4 Å². The summed E-state index contributed by atoms with van der Waals surface area (Å²) in [6, 6.07) is 6.95. The zero-order valence-electron chi connectivity index (χ0n) is 11.6. The third kappa shape index (κ3) is 4.39. The molecule has 19 heavy (non-hydrogen) atoms. The highest BCUT2D eigenvalue weighted by Crippen LogP contribution is 2.19. The van der Waals surface area contributed by atoms with Crippen molar-refractivity contribution in [3.8, 4) is 0 Å². The van der Waals surface area contributed by atoms with Crippen molar-refractivity contribution in [3.63, 3.8) is 0 Å². The van der Waals surface area contributed by atoms with E-state index in [0.29, 0.717) is 5.69 Å². The number of rotatable bonds is 6. The highest BCUT2D eigenvalue weighted by molar-refractivity contribution is 5.92. The van der Waals surface area contributed by atoms with E-state index in [9.17, 15) is 9.59 Å². The number of hydrogen-bond donors (Lipinski definition) is 2. The van der Waals surface area contributed by atoms with E-state index in [2.05, 4.69) is 5.32 Å². The number of carbonyl (C=O) groups is 2. The molecule has 0 saturated heterocycles. The molecular formula is C15H21NO3. The van der Waals surface area contributed by atoms with Gasteiger partial charge in [0.1, 0.15) is 0 Å². The number of carbonyl (C=O) groups excluding carboxylic acids is 1. The molecule has 4 nitrogen and oxygen atoms in total. The second kappa shape index (κ2) is 6.92. The Hall–Kier alpha value is -1.84. The Morgan fingerprint density at radius 3 is 2.26 bits per heavy atom. The quantitative estimate of drug-likeness (QED) is 0.828. The van der Waals surface area contributed by atoms with E-state index >= 15 is 0 Å². The lowest BCUT2D eigenvalue weighted by Gasteiger charge is -2.12. The first-order chi connectivity index (χ1) is 8.95. The summed E-state index contributed by atoms with van der Waals surface area (Å²) >= 11 is 0. The lowest BCUT2D eigenvalue weighted by molar-refractivity contribution is -0.138. The van der Waals surface area contributed by atoms with Gasteiger partial charge in [0.25, 0.3) is 0 Å². The van der Waals surface area contributed by atoms with Gasteiger partial charge in [0.05, 0.1) is 5.92 Å². The highest BCUT2D eigenvalue weighted by atomic mass is 16.4. The molecule has 0 saturated carbocycles. The van der Waals surface area contributed by atoms with Crippen LogP contribution in [-0.2, 0) is 9.59 Å². The number of hydrogen-bond acceptors (Lipinski definition) is 2. The van der Waals surface area contributed by atoms with Gasteiger partial charge < -0.3 is 10.4 Å². The van der Waals surface area contributed by atoms with Gasteiger partial charge in [0.15, 0.2) is 0 Å². The Morgan fingerprint density at radius 1 is 1.21 bits per heavy atom. The van der Waals surface area contributed by atoms with Gasteiger partial charge in [-0.05, 0) is 31.0 Å². The van der Waals surface area contributed by atoms with Gasteiger partial charge in [-0.1, -0.05) is 32.4 Å². The molecule has 1 amide bonds. The molecule has 0 aliphatic heterocycles. The first-order valence-corrected chi connectivity index (χ1v) is 6.59. The number of benzene rings is 1. The van der Waals surface area contributed by atoms with E-state index in [-0.39, 0.29) is 11.8 Å². The predicted octanol–water partition coefficient (Wildman–Crippen LogP) is 3.25. The van der Waals surface area contributed by atoms with Crippen LogP contribution in [-0.4, -0.2) is 17.0 Å². The van der Waals surface area contributed by atoms with Gasteiger partial charge in [-0.25, -0.2) is 0 Å². The maximum Gasteiger partial charge on any atom is 0.310 e. The van der Waals surface area contributed by atoms with Gasteiger partial charge in [-0.3, -0.25) is 9.59 Å². The van der Waals surface area contributed by atoms with Crippen molar-refractivity contribution in [2.75, 3.05) is 5.32 Å². The van der Waals surface area contributed by atoms with Crippen molar-refractivity contribution in [2.45, 2.75) is 39.5 Å². The van der Waals surface area contributed by atoms with E-state index in [1.54, 1.807) is 31.2 Å².